The van der Waals surface area contributed by atoms with Crippen LogP contribution < -0.4 is 5.32 Å². The number of aryl methyl sites for hydroxylation is 1. The minimum absolute atomic E-state index is 0.366. The number of benzene rings is 1. The maximum atomic E-state index is 9.44. The summed E-state index contributed by atoms with van der Waals surface area (Å²) < 4.78 is 0. The summed E-state index contributed by atoms with van der Waals surface area (Å²) in [4.78, 5) is 2.41. The van der Waals surface area contributed by atoms with Gasteiger partial charge in [-0.1, -0.05) is 6.07 Å². The lowest BCUT2D eigenvalue weighted by molar-refractivity contribution is 0.232. The molecule has 1 aliphatic rings. The quantitative estimate of drug-likeness (QED) is 0.761. The van der Waals surface area contributed by atoms with Gasteiger partial charge in [0.15, 0.2) is 0 Å². The van der Waals surface area contributed by atoms with Gasteiger partial charge in [-0.25, -0.2) is 0 Å². The molecule has 1 heterocycles. The Balaban J connectivity index is 2.05. The maximum absolute atomic E-state index is 9.44. The second-order valence-electron chi connectivity index (χ2n) is 4.14. The van der Waals surface area contributed by atoms with E-state index >= 15 is 0 Å². The Hall–Kier alpha value is -1.06. The topological polar surface area (TPSA) is 35.5 Å². The number of phenols is 1. The van der Waals surface area contributed by atoms with Gasteiger partial charge < -0.3 is 10.4 Å². The molecule has 0 aromatic heterocycles. The van der Waals surface area contributed by atoms with Gasteiger partial charge in [0.1, 0.15) is 5.75 Å². The zero-order valence-electron chi connectivity index (χ0n) is 9.16. The Labute approximate surface area is 90.7 Å². The van der Waals surface area contributed by atoms with Crippen LogP contribution in [0.2, 0.25) is 0 Å². The van der Waals surface area contributed by atoms with Crippen molar-refractivity contribution in [3.05, 3.63) is 29.3 Å². The van der Waals surface area contributed by atoms with Gasteiger partial charge in [-0.05, 0) is 30.2 Å². The Morgan fingerprint density at radius 3 is 2.80 bits per heavy atom. The number of rotatable bonds is 2. The van der Waals surface area contributed by atoms with Gasteiger partial charge in [0, 0.05) is 32.7 Å². The average Bonchev–Trinajstić information content (AvgIpc) is 2.25. The molecule has 0 aliphatic carbocycles. The molecule has 15 heavy (non-hydrogen) atoms. The standard InChI is InChI=1S/C12H18N2O/c1-10-2-3-12(15)8-11(10)9-14-6-4-13-5-7-14/h2-3,8,13,15H,4-7,9H2,1H3. The Morgan fingerprint density at radius 1 is 1.33 bits per heavy atom. The van der Waals surface area contributed by atoms with Crippen molar-refractivity contribution in [1.29, 1.82) is 0 Å². The molecule has 0 radical (unpaired) electrons. The molecule has 1 aromatic rings. The lowest BCUT2D eigenvalue weighted by Gasteiger charge is -2.27. The normalized spacial score (nSPS) is 17.9. The molecule has 0 amide bonds. The summed E-state index contributed by atoms with van der Waals surface area (Å²) in [6, 6.07) is 5.60. The van der Waals surface area contributed by atoms with Crippen molar-refractivity contribution < 1.29 is 5.11 Å². The lowest BCUT2D eigenvalue weighted by atomic mass is 10.1. The van der Waals surface area contributed by atoms with E-state index in [1.165, 1.54) is 11.1 Å². The van der Waals surface area contributed by atoms with Crippen LogP contribution in [0.25, 0.3) is 0 Å². The summed E-state index contributed by atoms with van der Waals surface area (Å²) in [6.45, 7) is 7.36. The SMILES string of the molecule is Cc1ccc(O)cc1CN1CCNCC1. The monoisotopic (exact) mass is 206 g/mol. The highest BCUT2D eigenvalue weighted by molar-refractivity contribution is 5.33. The second-order valence-corrected chi connectivity index (χ2v) is 4.14. The molecule has 0 unspecified atom stereocenters. The minimum Gasteiger partial charge on any atom is -0.508 e. The van der Waals surface area contributed by atoms with Crippen molar-refractivity contribution in [2.24, 2.45) is 0 Å². The summed E-state index contributed by atoms with van der Waals surface area (Å²) in [5.74, 6) is 0.366. The molecule has 2 N–H and O–H groups in total. The van der Waals surface area contributed by atoms with Gasteiger partial charge in [-0.2, -0.15) is 0 Å². The summed E-state index contributed by atoms with van der Waals surface area (Å²) in [7, 11) is 0. The van der Waals surface area contributed by atoms with Crippen LogP contribution in [-0.4, -0.2) is 36.2 Å². The predicted octanol–water partition coefficient (Wildman–Crippen LogP) is 1.11. The number of aromatic hydroxyl groups is 1. The van der Waals surface area contributed by atoms with Crippen LogP contribution in [0.15, 0.2) is 18.2 Å². The highest BCUT2D eigenvalue weighted by Crippen LogP contribution is 2.17. The Kier molecular flexibility index (Phi) is 3.23. The van der Waals surface area contributed by atoms with E-state index in [0.717, 1.165) is 32.7 Å². The van der Waals surface area contributed by atoms with Crippen molar-refractivity contribution in [2.45, 2.75) is 13.5 Å². The number of nitrogens with zero attached hydrogens (tertiary/aromatic N) is 1. The van der Waals surface area contributed by atoms with Crippen LogP contribution >= 0.6 is 0 Å². The highest BCUT2D eigenvalue weighted by Gasteiger charge is 2.11. The van der Waals surface area contributed by atoms with E-state index in [2.05, 4.69) is 17.1 Å². The van der Waals surface area contributed by atoms with Crippen LogP contribution in [0.5, 0.6) is 5.75 Å². The van der Waals surface area contributed by atoms with Gasteiger partial charge in [-0.15, -0.1) is 0 Å². The van der Waals surface area contributed by atoms with E-state index in [9.17, 15) is 5.11 Å². The third-order valence-electron chi connectivity index (χ3n) is 2.94. The molecule has 3 heteroatoms. The molecule has 1 aromatic carbocycles. The number of hydrogen-bond donors (Lipinski definition) is 2. The third-order valence-corrected chi connectivity index (χ3v) is 2.94. The fourth-order valence-corrected chi connectivity index (χ4v) is 1.94. The van der Waals surface area contributed by atoms with Gasteiger partial charge in [0.2, 0.25) is 0 Å². The van der Waals surface area contributed by atoms with Crippen LogP contribution in [0.4, 0.5) is 0 Å². The van der Waals surface area contributed by atoms with E-state index in [-0.39, 0.29) is 0 Å². The molecule has 0 bridgehead atoms. The van der Waals surface area contributed by atoms with E-state index in [0.29, 0.717) is 5.75 Å². The Morgan fingerprint density at radius 2 is 2.07 bits per heavy atom. The fourth-order valence-electron chi connectivity index (χ4n) is 1.94. The first-order chi connectivity index (χ1) is 7.25. The molecular weight excluding hydrogens is 188 g/mol. The van der Waals surface area contributed by atoms with Crippen LogP contribution in [0.3, 0.4) is 0 Å². The Bertz CT molecular complexity index is 332. The molecule has 0 saturated carbocycles. The van der Waals surface area contributed by atoms with Crippen molar-refractivity contribution in [2.75, 3.05) is 26.2 Å². The van der Waals surface area contributed by atoms with Crippen LogP contribution in [-0.2, 0) is 6.54 Å². The van der Waals surface area contributed by atoms with Gasteiger partial charge in [0.25, 0.3) is 0 Å². The zero-order chi connectivity index (χ0) is 10.7. The third kappa shape index (κ3) is 2.70. The summed E-state index contributed by atoms with van der Waals surface area (Å²) in [5, 5.41) is 12.8. The van der Waals surface area contributed by atoms with Crippen molar-refractivity contribution in [3.8, 4) is 5.75 Å². The van der Waals surface area contributed by atoms with Gasteiger partial charge in [0.05, 0.1) is 0 Å². The van der Waals surface area contributed by atoms with E-state index in [1.54, 1.807) is 6.07 Å². The average molecular weight is 206 g/mol. The van der Waals surface area contributed by atoms with Crippen molar-refractivity contribution in [3.63, 3.8) is 0 Å². The summed E-state index contributed by atoms with van der Waals surface area (Å²) >= 11 is 0. The molecule has 1 fully saturated rings. The molecule has 82 valence electrons. The maximum Gasteiger partial charge on any atom is 0.115 e. The smallest absolute Gasteiger partial charge is 0.115 e. The van der Waals surface area contributed by atoms with E-state index < -0.39 is 0 Å². The van der Waals surface area contributed by atoms with Gasteiger partial charge >= 0.3 is 0 Å². The number of piperazine rings is 1. The molecule has 2 rings (SSSR count). The molecule has 0 atom stereocenters. The number of nitrogens with one attached hydrogen (secondary N) is 1. The molecule has 0 spiro atoms. The lowest BCUT2D eigenvalue weighted by Crippen LogP contribution is -2.42. The second kappa shape index (κ2) is 4.64. The van der Waals surface area contributed by atoms with Crippen LogP contribution in [0, 0.1) is 6.92 Å². The molecule has 1 aliphatic heterocycles. The summed E-state index contributed by atoms with van der Waals surface area (Å²) in [6.07, 6.45) is 0. The first-order valence-electron chi connectivity index (χ1n) is 5.47. The molecule has 1 saturated heterocycles. The zero-order valence-corrected chi connectivity index (χ0v) is 9.16. The number of hydrogen-bond acceptors (Lipinski definition) is 3. The number of phenolic OH excluding ortho intramolecular Hbond substituents is 1. The van der Waals surface area contributed by atoms with Gasteiger partial charge in [-0.3, -0.25) is 4.90 Å². The largest absolute Gasteiger partial charge is 0.508 e. The van der Waals surface area contributed by atoms with Crippen LogP contribution in [0.1, 0.15) is 11.1 Å². The highest BCUT2D eigenvalue weighted by atomic mass is 16.3. The minimum atomic E-state index is 0.366. The van der Waals surface area contributed by atoms with E-state index in [1.807, 2.05) is 12.1 Å². The first-order valence-corrected chi connectivity index (χ1v) is 5.47. The van der Waals surface area contributed by atoms with E-state index in [4.69, 9.17) is 0 Å². The van der Waals surface area contributed by atoms with Crippen molar-refractivity contribution in [1.82, 2.24) is 10.2 Å². The van der Waals surface area contributed by atoms with Crippen molar-refractivity contribution >= 4 is 0 Å². The fraction of sp³-hybridized carbons (Fsp3) is 0.500. The first kappa shape index (κ1) is 10.5. The summed E-state index contributed by atoms with van der Waals surface area (Å²) in [5.41, 5.74) is 2.49. The predicted molar refractivity (Wildman–Crippen MR) is 61.0 cm³/mol. The molecular formula is C12H18N2O. The molecule has 3 nitrogen and oxygen atoms in total.